The Morgan fingerprint density at radius 2 is 1.24 bits per heavy atom. The second-order valence-electron chi connectivity index (χ2n) is 11.8. The van der Waals surface area contributed by atoms with Gasteiger partial charge < -0.3 is 4.74 Å². The summed E-state index contributed by atoms with van der Waals surface area (Å²) in [5, 5.41) is 20.6. The zero-order valence-corrected chi connectivity index (χ0v) is 27.2. The molecule has 9 nitrogen and oxygen atoms in total. The molecule has 0 amide bonds. The molecular weight excluding hydrogens is 653 g/mol. The fourth-order valence-corrected chi connectivity index (χ4v) is 9.22. The van der Waals surface area contributed by atoms with Crippen LogP contribution in [0.5, 0.6) is 5.88 Å². The number of fused-ring (bicyclic) bond motifs is 6. The second-order valence-corrected chi connectivity index (χ2v) is 13.9. The molecule has 0 atom stereocenters. The molecule has 2 aromatic heterocycles. The van der Waals surface area contributed by atoms with Crippen molar-refractivity contribution in [1.82, 2.24) is 9.97 Å². The third-order valence-corrected chi connectivity index (χ3v) is 11.4. The van der Waals surface area contributed by atoms with Crippen molar-refractivity contribution in [3.8, 4) is 27.8 Å². The first kappa shape index (κ1) is 30.1. The highest BCUT2D eigenvalue weighted by atomic mass is 32.1. The number of carbonyl (C=O) groups is 2. The van der Waals surface area contributed by atoms with E-state index in [0.717, 1.165) is 47.6 Å². The van der Waals surface area contributed by atoms with E-state index in [4.69, 9.17) is 27.8 Å². The number of Topliss-reactive ketones (excluding diaryl/α,β-unsaturated/α-hetero) is 2. The lowest BCUT2D eigenvalue weighted by molar-refractivity contribution is 0.0168. The number of hydrogen-bond acceptors (Lipinski definition) is 9. The maximum atomic E-state index is 13.6. The van der Waals surface area contributed by atoms with Crippen LogP contribution in [0.3, 0.4) is 0 Å². The summed E-state index contributed by atoms with van der Waals surface area (Å²) in [7, 11) is 0. The Bertz CT molecular complexity index is 2460. The van der Waals surface area contributed by atoms with E-state index in [9.17, 15) is 20.1 Å². The molecule has 0 saturated heterocycles. The second kappa shape index (κ2) is 11.5. The van der Waals surface area contributed by atoms with Gasteiger partial charge in [0.25, 0.3) is 11.4 Å². The highest BCUT2D eigenvalue weighted by Gasteiger charge is 2.46. The van der Waals surface area contributed by atoms with Crippen LogP contribution in [0.1, 0.15) is 79.7 Å². The smallest absolute Gasteiger partial charge is 0.270 e. The van der Waals surface area contributed by atoms with Crippen molar-refractivity contribution in [3.63, 3.8) is 0 Å². The first-order valence-corrected chi connectivity index (χ1v) is 17.0. The Balaban J connectivity index is 1.28. The van der Waals surface area contributed by atoms with Crippen molar-refractivity contribution in [2.45, 2.75) is 37.7 Å². The molecule has 1 spiro atoms. The molecule has 1 fully saturated rings. The van der Waals surface area contributed by atoms with Gasteiger partial charge >= 0.3 is 0 Å². The first-order chi connectivity index (χ1) is 23.9. The molecule has 232 valence electrons. The molecule has 0 unspecified atom stereocenters. The maximum Gasteiger partial charge on any atom is 0.270 e. The molecule has 0 bridgehead atoms. The number of thiazole rings is 2. The minimum atomic E-state index is -0.718. The van der Waals surface area contributed by atoms with Crippen LogP contribution in [-0.2, 0) is 5.60 Å². The van der Waals surface area contributed by atoms with Crippen LogP contribution in [0, 0.1) is 35.8 Å². The summed E-state index contributed by atoms with van der Waals surface area (Å²) < 4.78 is 6.72. The molecule has 49 heavy (non-hydrogen) atoms. The van der Waals surface area contributed by atoms with Gasteiger partial charge in [0.05, 0.1) is 30.2 Å². The standard InChI is InChI=1S/C38H20N6O3S2/c1-41-26(18-39)30-20-10-4-6-12-22(20)32(45)24(30)16-28-43-36-34(48-28)35-37(47-38(36)14-8-3-9-15-38)44-29(49-35)17-25-31(27(19-40)42-2)21-11-5-7-13-23(21)33(25)46/h4-7,10-13,16-17H,3,8-9,14-15H2/b24-16-,25-17-,30-26+,31-27-. The zero-order valence-electron chi connectivity index (χ0n) is 25.5. The molecule has 0 N–H and O–H groups in total. The summed E-state index contributed by atoms with van der Waals surface area (Å²) in [5.74, 6) is -0.124. The first-order valence-electron chi connectivity index (χ1n) is 15.4. The van der Waals surface area contributed by atoms with Gasteiger partial charge in [-0.15, -0.1) is 22.7 Å². The number of ketones is 2. The predicted octanol–water partition coefficient (Wildman–Crippen LogP) is 8.69. The van der Waals surface area contributed by atoms with E-state index < -0.39 is 5.60 Å². The van der Waals surface area contributed by atoms with Gasteiger partial charge in [0, 0.05) is 33.4 Å². The number of carbonyl (C=O) groups excluding carboxylic acids is 2. The average molecular weight is 673 g/mol. The summed E-state index contributed by atoms with van der Waals surface area (Å²) in [4.78, 5) is 45.5. The number of ether oxygens (including phenoxy) is 1. The number of nitriles is 2. The average Bonchev–Trinajstić information content (AvgIpc) is 3.87. The van der Waals surface area contributed by atoms with Gasteiger partial charge in [0.1, 0.15) is 20.6 Å². The van der Waals surface area contributed by atoms with Crippen LogP contribution < -0.4 is 4.74 Å². The largest absolute Gasteiger partial charge is 0.463 e. The number of hydrogen-bond donors (Lipinski definition) is 0. The molecule has 0 radical (unpaired) electrons. The van der Waals surface area contributed by atoms with Crippen molar-refractivity contribution in [2.75, 3.05) is 0 Å². The van der Waals surface area contributed by atoms with Gasteiger partial charge in [-0.25, -0.2) is 30.2 Å². The van der Waals surface area contributed by atoms with E-state index >= 15 is 0 Å². The molecule has 8 rings (SSSR count). The van der Waals surface area contributed by atoms with Crippen LogP contribution >= 0.6 is 22.7 Å². The quantitative estimate of drug-likeness (QED) is 0.118. The SMILES string of the molecule is [C-]#[N+]/C(C#N)=C1\C(=C\c2nc3c(s2)-c2sc(/C=C4\C(=O)c5ccccc5\C4=C(\C#N)[N+]#[C-])nc2C2(CCCCC2)O3)C(=O)c2ccccc21. The molecule has 3 aliphatic carbocycles. The maximum absolute atomic E-state index is 13.6. The molecule has 4 aliphatic rings. The summed E-state index contributed by atoms with van der Waals surface area (Å²) in [6.07, 6.45) is 7.71. The van der Waals surface area contributed by atoms with Gasteiger partial charge in [0.15, 0.2) is 17.2 Å². The molecule has 1 aliphatic heterocycles. The van der Waals surface area contributed by atoms with Gasteiger partial charge in [-0.3, -0.25) is 9.59 Å². The van der Waals surface area contributed by atoms with Crippen molar-refractivity contribution in [2.24, 2.45) is 0 Å². The molecule has 3 heterocycles. The monoisotopic (exact) mass is 672 g/mol. The number of rotatable bonds is 2. The highest BCUT2D eigenvalue weighted by molar-refractivity contribution is 7.23. The molecule has 11 heteroatoms. The third-order valence-electron chi connectivity index (χ3n) is 9.20. The molecule has 2 aromatic carbocycles. The summed E-state index contributed by atoms with van der Waals surface area (Å²) in [6.45, 7) is 15.2. The lowest BCUT2D eigenvalue weighted by Gasteiger charge is -2.38. The minimum Gasteiger partial charge on any atom is -0.463 e. The Hall–Kier alpha value is -6.24. The predicted molar refractivity (Wildman–Crippen MR) is 184 cm³/mol. The fourth-order valence-electron chi connectivity index (χ4n) is 7.06. The minimum absolute atomic E-state index is 0.157. The summed E-state index contributed by atoms with van der Waals surface area (Å²) >= 11 is 2.71. The van der Waals surface area contributed by atoms with Crippen molar-refractivity contribution < 1.29 is 14.3 Å². The Labute approximate surface area is 288 Å². The van der Waals surface area contributed by atoms with Crippen molar-refractivity contribution in [1.29, 1.82) is 10.5 Å². The number of benzene rings is 2. The van der Waals surface area contributed by atoms with Crippen LogP contribution in [0.2, 0.25) is 0 Å². The lowest BCUT2D eigenvalue weighted by atomic mass is 9.80. The van der Waals surface area contributed by atoms with Crippen LogP contribution in [-0.4, -0.2) is 21.5 Å². The van der Waals surface area contributed by atoms with Gasteiger partial charge in [0.2, 0.25) is 5.88 Å². The lowest BCUT2D eigenvalue weighted by Crippen LogP contribution is -2.38. The Morgan fingerprint density at radius 3 is 1.76 bits per heavy atom. The van der Waals surface area contributed by atoms with Crippen LogP contribution in [0.25, 0.3) is 42.7 Å². The molecular formula is C38H20N6O3S2. The fraction of sp³-hybridized carbons (Fsp3) is 0.158. The Kier molecular flexibility index (Phi) is 7.05. The normalized spacial score (nSPS) is 20.3. The van der Waals surface area contributed by atoms with Crippen molar-refractivity contribution >= 4 is 57.5 Å². The van der Waals surface area contributed by atoms with E-state index in [1.165, 1.54) is 22.7 Å². The van der Waals surface area contributed by atoms with E-state index in [1.54, 1.807) is 60.7 Å². The third kappa shape index (κ3) is 4.53. The Morgan fingerprint density at radius 1 is 0.755 bits per heavy atom. The number of aromatic nitrogens is 2. The number of nitrogens with zero attached hydrogens (tertiary/aromatic N) is 6. The molecule has 4 aromatic rings. The van der Waals surface area contributed by atoms with Crippen LogP contribution in [0.4, 0.5) is 0 Å². The van der Waals surface area contributed by atoms with E-state index in [-0.39, 0.29) is 34.1 Å². The summed E-state index contributed by atoms with van der Waals surface area (Å²) in [6, 6.07) is 17.8. The van der Waals surface area contributed by atoms with Gasteiger partial charge in [-0.05, 0) is 49.0 Å². The van der Waals surface area contributed by atoms with Crippen molar-refractivity contribution in [3.05, 3.63) is 132 Å². The summed E-state index contributed by atoms with van der Waals surface area (Å²) in [5.41, 5.74) is 2.77. The zero-order chi connectivity index (χ0) is 33.9. The van der Waals surface area contributed by atoms with Gasteiger partial charge in [-0.2, -0.15) is 0 Å². The van der Waals surface area contributed by atoms with E-state index in [2.05, 4.69) is 9.69 Å². The van der Waals surface area contributed by atoms with Gasteiger partial charge in [-0.1, -0.05) is 55.0 Å². The van der Waals surface area contributed by atoms with Crippen LogP contribution in [0.15, 0.2) is 71.1 Å². The van der Waals surface area contributed by atoms with E-state index in [1.807, 2.05) is 12.1 Å². The topological polar surface area (TPSA) is 125 Å². The molecule has 1 saturated carbocycles. The van der Waals surface area contributed by atoms with E-state index in [0.29, 0.717) is 49.3 Å². The number of allylic oxidation sites excluding steroid dienone is 6. The highest BCUT2D eigenvalue weighted by Crippen LogP contribution is 2.55.